The highest BCUT2D eigenvalue weighted by molar-refractivity contribution is 6.02. The van der Waals surface area contributed by atoms with Crippen LogP contribution in [0.15, 0.2) is 46.3 Å². The molecule has 0 saturated carbocycles. The summed E-state index contributed by atoms with van der Waals surface area (Å²) >= 11 is 0. The van der Waals surface area contributed by atoms with Crippen molar-refractivity contribution >= 4 is 23.0 Å². The van der Waals surface area contributed by atoms with Crippen molar-refractivity contribution in [1.29, 1.82) is 0 Å². The van der Waals surface area contributed by atoms with Crippen LogP contribution in [-0.2, 0) is 6.54 Å². The van der Waals surface area contributed by atoms with Gasteiger partial charge in [0.2, 0.25) is 0 Å². The number of methoxy groups -OCH3 is 3. The molecule has 9 nitrogen and oxygen atoms in total. The SMILES string of the molecule is CCn1c(=O)c(C(=O)NN=Cc2cc(OC)c(OC)cc2OC)c(O)c2ccccc21. The number of hydrogen-bond acceptors (Lipinski definition) is 7. The Morgan fingerprint density at radius 3 is 2.39 bits per heavy atom. The lowest BCUT2D eigenvalue weighted by molar-refractivity contribution is 0.0950. The number of aryl methyl sites for hydroxylation is 1. The zero-order valence-corrected chi connectivity index (χ0v) is 17.6. The van der Waals surface area contributed by atoms with E-state index in [1.807, 2.05) is 0 Å². The minimum atomic E-state index is -0.828. The Morgan fingerprint density at radius 2 is 1.74 bits per heavy atom. The highest BCUT2D eigenvalue weighted by Gasteiger charge is 2.21. The summed E-state index contributed by atoms with van der Waals surface area (Å²) in [6, 6.07) is 10.1. The average molecular weight is 425 g/mol. The standard InChI is InChI=1S/C22H23N3O6/c1-5-25-15-9-7-6-8-14(15)20(26)19(22(25)28)21(27)24-23-12-13-10-17(30-3)18(31-4)11-16(13)29-2/h6-12,26H,5H2,1-4H3,(H,24,27). The molecule has 1 heterocycles. The average Bonchev–Trinajstić information content (AvgIpc) is 2.79. The highest BCUT2D eigenvalue weighted by Crippen LogP contribution is 2.33. The first-order valence-corrected chi connectivity index (χ1v) is 9.44. The molecule has 9 heteroatoms. The normalized spacial score (nSPS) is 11.0. The van der Waals surface area contributed by atoms with Gasteiger partial charge in [0, 0.05) is 23.6 Å². The first kappa shape index (κ1) is 21.7. The maximum absolute atomic E-state index is 12.8. The van der Waals surface area contributed by atoms with Crippen molar-refractivity contribution in [2.75, 3.05) is 21.3 Å². The molecule has 0 radical (unpaired) electrons. The van der Waals surface area contributed by atoms with Crippen LogP contribution >= 0.6 is 0 Å². The van der Waals surface area contributed by atoms with Crippen LogP contribution in [-0.4, -0.2) is 43.1 Å². The topological polar surface area (TPSA) is 111 Å². The van der Waals surface area contributed by atoms with E-state index < -0.39 is 11.5 Å². The lowest BCUT2D eigenvalue weighted by atomic mass is 10.1. The van der Waals surface area contributed by atoms with E-state index in [0.717, 1.165) is 0 Å². The number of para-hydroxylation sites is 1. The van der Waals surface area contributed by atoms with E-state index in [1.165, 1.54) is 32.1 Å². The summed E-state index contributed by atoms with van der Waals surface area (Å²) in [5, 5.41) is 14.9. The summed E-state index contributed by atoms with van der Waals surface area (Å²) in [6.07, 6.45) is 1.34. The minimum Gasteiger partial charge on any atom is -0.506 e. The molecular weight excluding hydrogens is 402 g/mol. The molecule has 31 heavy (non-hydrogen) atoms. The Hall–Kier alpha value is -4.01. The molecule has 0 aliphatic heterocycles. The van der Waals surface area contributed by atoms with E-state index in [9.17, 15) is 14.7 Å². The third kappa shape index (κ3) is 4.02. The molecule has 0 atom stereocenters. The Bertz CT molecular complexity index is 1220. The number of hydrazone groups is 1. The second kappa shape index (κ2) is 9.21. The second-order valence-electron chi connectivity index (χ2n) is 6.44. The molecule has 2 aromatic carbocycles. The maximum atomic E-state index is 12.8. The van der Waals surface area contributed by atoms with Crippen LogP contribution in [0.1, 0.15) is 22.8 Å². The molecule has 3 rings (SSSR count). The van der Waals surface area contributed by atoms with Crippen molar-refractivity contribution in [2.45, 2.75) is 13.5 Å². The Morgan fingerprint density at radius 1 is 1.10 bits per heavy atom. The molecule has 0 bridgehead atoms. The van der Waals surface area contributed by atoms with Crippen LogP contribution in [0, 0.1) is 0 Å². The van der Waals surface area contributed by atoms with Gasteiger partial charge in [-0.05, 0) is 25.1 Å². The van der Waals surface area contributed by atoms with Crippen molar-refractivity contribution in [2.24, 2.45) is 5.10 Å². The number of rotatable bonds is 7. The predicted octanol–water partition coefficient (Wildman–Crippen LogP) is 2.52. The molecule has 0 aliphatic rings. The van der Waals surface area contributed by atoms with Crippen molar-refractivity contribution in [3.63, 3.8) is 0 Å². The molecular formula is C22H23N3O6. The van der Waals surface area contributed by atoms with Gasteiger partial charge in [0.05, 0.1) is 33.1 Å². The van der Waals surface area contributed by atoms with Gasteiger partial charge in [-0.1, -0.05) is 12.1 Å². The Labute approximate surface area is 178 Å². The molecule has 0 spiro atoms. The van der Waals surface area contributed by atoms with E-state index in [2.05, 4.69) is 10.5 Å². The molecule has 1 amide bonds. The predicted molar refractivity (Wildman–Crippen MR) is 117 cm³/mol. The maximum Gasteiger partial charge on any atom is 0.280 e. The van der Waals surface area contributed by atoms with E-state index in [0.29, 0.717) is 40.3 Å². The summed E-state index contributed by atoms with van der Waals surface area (Å²) in [7, 11) is 4.48. The van der Waals surface area contributed by atoms with Gasteiger partial charge in [-0.25, -0.2) is 5.43 Å². The molecule has 0 aliphatic carbocycles. The van der Waals surface area contributed by atoms with E-state index in [-0.39, 0.29) is 11.3 Å². The number of ether oxygens (including phenoxy) is 3. The number of nitrogens with one attached hydrogen (secondary N) is 1. The van der Waals surface area contributed by atoms with Gasteiger partial charge in [0.15, 0.2) is 11.5 Å². The first-order chi connectivity index (χ1) is 15.0. The number of aromatic hydroxyl groups is 1. The van der Waals surface area contributed by atoms with Crippen molar-refractivity contribution in [3.05, 3.63) is 57.9 Å². The fraction of sp³-hybridized carbons (Fsp3) is 0.227. The van der Waals surface area contributed by atoms with Crippen LogP contribution < -0.4 is 25.2 Å². The summed E-state index contributed by atoms with van der Waals surface area (Å²) in [5.41, 5.74) is 2.37. The Kier molecular flexibility index (Phi) is 6.44. The van der Waals surface area contributed by atoms with Gasteiger partial charge in [-0.15, -0.1) is 0 Å². The van der Waals surface area contributed by atoms with Crippen molar-refractivity contribution in [1.82, 2.24) is 9.99 Å². The molecule has 0 fully saturated rings. The number of benzene rings is 2. The summed E-state index contributed by atoms with van der Waals surface area (Å²) in [6.45, 7) is 2.13. The van der Waals surface area contributed by atoms with E-state index in [4.69, 9.17) is 14.2 Å². The number of aromatic nitrogens is 1. The number of pyridine rings is 1. The van der Waals surface area contributed by atoms with Gasteiger partial charge in [0.1, 0.15) is 17.1 Å². The van der Waals surface area contributed by atoms with Crippen molar-refractivity contribution in [3.8, 4) is 23.0 Å². The number of fused-ring (bicyclic) bond motifs is 1. The summed E-state index contributed by atoms with van der Waals surface area (Å²) < 4.78 is 17.2. The van der Waals surface area contributed by atoms with Gasteiger partial charge < -0.3 is 23.9 Å². The fourth-order valence-corrected chi connectivity index (χ4v) is 3.28. The third-order valence-electron chi connectivity index (χ3n) is 4.79. The van der Waals surface area contributed by atoms with Crippen LogP contribution in [0.4, 0.5) is 0 Å². The molecule has 3 aromatic rings. The summed E-state index contributed by atoms with van der Waals surface area (Å²) in [4.78, 5) is 25.5. The number of hydrogen-bond donors (Lipinski definition) is 2. The highest BCUT2D eigenvalue weighted by atomic mass is 16.5. The largest absolute Gasteiger partial charge is 0.506 e. The van der Waals surface area contributed by atoms with Crippen LogP contribution in [0.25, 0.3) is 10.9 Å². The zero-order chi connectivity index (χ0) is 22.5. The lowest BCUT2D eigenvalue weighted by Gasteiger charge is -2.13. The van der Waals surface area contributed by atoms with Crippen molar-refractivity contribution < 1.29 is 24.1 Å². The van der Waals surface area contributed by atoms with E-state index >= 15 is 0 Å². The molecule has 0 unspecified atom stereocenters. The number of carbonyl (C=O) groups excluding carboxylic acids is 1. The van der Waals surface area contributed by atoms with Gasteiger partial charge in [-0.3, -0.25) is 9.59 Å². The smallest absolute Gasteiger partial charge is 0.280 e. The molecule has 162 valence electrons. The molecule has 1 aromatic heterocycles. The van der Waals surface area contributed by atoms with Crippen LogP contribution in [0.3, 0.4) is 0 Å². The number of nitrogens with zero attached hydrogens (tertiary/aromatic N) is 2. The number of carbonyl (C=O) groups is 1. The first-order valence-electron chi connectivity index (χ1n) is 9.44. The van der Waals surface area contributed by atoms with E-state index in [1.54, 1.807) is 43.3 Å². The Balaban J connectivity index is 1.96. The second-order valence-corrected chi connectivity index (χ2v) is 6.44. The third-order valence-corrected chi connectivity index (χ3v) is 4.79. The minimum absolute atomic E-state index is 0.339. The molecule has 2 N–H and O–H groups in total. The summed E-state index contributed by atoms with van der Waals surface area (Å²) in [5.74, 6) is 0.154. The monoisotopic (exact) mass is 425 g/mol. The van der Waals surface area contributed by atoms with Gasteiger partial charge in [0.25, 0.3) is 11.5 Å². The fourth-order valence-electron chi connectivity index (χ4n) is 3.28. The molecule has 0 saturated heterocycles. The quantitative estimate of drug-likeness (QED) is 0.444. The van der Waals surface area contributed by atoms with Gasteiger partial charge in [-0.2, -0.15) is 5.10 Å². The van der Waals surface area contributed by atoms with Gasteiger partial charge >= 0.3 is 0 Å². The zero-order valence-electron chi connectivity index (χ0n) is 17.6. The van der Waals surface area contributed by atoms with Crippen LogP contribution in [0.5, 0.6) is 23.0 Å². The lowest BCUT2D eigenvalue weighted by Crippen LogP contribution is -2.31. The number of amides is 1. The van der Waals surface area contributed by atoms with Crippen LogP contribution in [0.2, 0.25) is 0 Å².